The second-order valence-corrected chi connectivity index (χ2v) is 8.50. The van der Waals surface area contributed by atoms with Crippen LogP contribution in [0.15, 0.2) is 42.5 Å². The van der Waals surface area contributed by atoms with Gasteiger partial charge in [-0.05, 0) is 87.3 Å². The maximum Gasteiger partial charge on any atom is 0.251 e. The molecule has 2 aromatic carbocycles. The number of hydrogen-bond acceptors (Lipinski definition) is 3. The van der Waals surface area contributed by atoms with Crippen LogP contribution in [0.5, 0.6) is 5.75 Å². The Morgan fingerprint density at radius 2 is 1.83 bits per heavy atom. The molecule has 0 atom stereocenters. The van der Waals surface area contributed by atoms with Gasteiger partial charge in [-0.1, -0.05) is 18.2 Å². The number of ether oxygens (including phenoxy) is 1. The fraction of sp³-hybridized carbons (Fsp3) is 0.440. The minimum atomic E-state index is -0.0768. The number of amides is 2. The van der Waals surface area contributed by atoms with Crippen molar-refractivity contribution in [2.45, 2.75) is 70.4 Å². The normalized spacial score (nSPS) is 16.3. The van der Waals surface area contributed by atoms with E-state index in [2.05, 4.69) is 10.6 Å². The third kappa shape index (κ3) is 5.62. The number of hydrogen-bond donors (Lipinski definition) is 2. The van der Waals surface area contributed by atoms with E-state index in [1.807, 2.05) is 37.3 Å². The first-order valence-corrected chi connectivity index (χ1v) is 11.0. The third-order valence-corrected chi connectivity index (χ3v) is 5.83. The van der Waals surface area contributed by atoms with Crippen molar-refractivity contribution in [2.75, 3.05) is 5.32 Å². The minimum Gasteiger partial charge on any atom is -0.490 e. The lowest BCUT2D eigenvalue weighted by Crippen LogP contribution is -2.25. The molecule has 2 amide bonds. The summed E-state index contributed by atoms with van der Waals surface area (Å²) in [5.41, 5.74) is 3.31. The average Bonchev–Trinajstić information content (AvgIpc) is 3.40. The fourth-order valence-electron chi connectivity index (χ4n) is 3.84. The van der Waals surface area contributed by atoms with Crippen molar-refractivity contribution in [3.63, 3.8) is 0 Å². The highest BCUT2D eigenvalue weighted by atomic mass is 16.5. The van der Waals surface area contributed by atoms with E-state index in [9.17, 15) is 9.59 Å². The molecular formula is C25H30N2O3. The molecule has 158 valence electrons. The quantitative estimate of drug-likeness (QED) is 0.663. The van der Waals surface area contributed by atoms with Crippen LogP contribution >= 0.6 is 0 Å². The van der Waals surface area contributed by atoms with Crippen molar-refractivity contribution in [1.82, 2.24) is 5.32 Å². The molecule has 2 N–H and O–H groups in total. The van der Waals surface area contributed by atoms with Gasteiger partial charge >= 0.3 is 0 Å². The Hall–Kier alpha value is -2.82. The first-order chi connectivity index (χ1) is 14.6. The Morgan fingerprint density at radius 1 is 1.03 bits per heavy atom. The number of carbonyl (C=O) groups is 2. The Bertz CT molecular complexity index is 914. The predicted molar refractivity (Wildman–Crippen MR) is 118 cm³/mol. The van der Waals surface area contributed by atoms with Gasteiger partial charge in [0.2, 0.25) is 5.91 Å². The van der Waals surface area contributed by atoms with Crippen LogP contribution in [-0.2, 0) is 11.2 Å². The van der Waals surface area contributed by atoms with E-state index in [0.29, 0.717) is 36.2 Å². The van der Waals surface area contributed by atoms with Gasteiger partial charge in [0, 0.05) is 23.7 Å². The zero-order valence-electron chi connectivity index (χ0n) is 17.6. The van der Waals surface area contributed by atoms with Gasteiger partial charge in [-0.25, -0.2) is 0 Å². The Morgan fingerprint density at radius 3 is 2.60 bits per heavy atom. The summed E-state index contributed by atoms with van der Waals surface area (Å²) in [6, 6.07) is 13.8. The van der Waals surface area contributed by atoms with E-state index < -0.39 is 0 Å². The number of carbonyl (C=O) groups excluding carboxylic acids is 2. The van der Waals surface area contributed by atoms with Crippen LogP contribution in [0.4, 0.5) is 5.69 Å². The molecule has 0 saturated heterocycles. The van der Waals surface area contributed by atoms with Crippen molar-refractivity contribution in [3.8, 4) is 5.75 Å². The summed E-state index contributed by atoms with van der Waals surface area (Å²) in [5.74, 6) is 0.761. The molecule has 5 heteroatoms. The molecule has 0 aliphatic heterocycles. The van der Waals surface area contributed by atoms with Crippen LogP contribution < -0.4 is 15.4 Å². The largest absolute Gasteiger partial charge is 0.490 e. The number of anilines is 1. The van der Waals surface area contributed by atoms with Gasteiger partial charge < -0.3 is 15.4 Å². The zero-order valence-corrected chi connectivity index (χ0v) is 17.6. The van der Waals surface area contributed by atoms with Crippen molar-refractivity contribution in [3.05, 3.63) is 59.2 Å². The minimum absolute atomic E-state index is 0.0556. The molecule has 0 radical (unpaired) electrons. The molecule has 2 saturated carbocycles. The average molecular weight is 407 g/mol. The van der Waals surface area contributed by atoms with Gasteiger partial charge in [-0.2, -0.15) is 0 Å². The van der Waals surface area contributed by atoms with Crippen LogP contribution in [0.1, 0.15) is 66.4 Å². The molecule has 0 spiro atoms. The van der Waals surface area contributed by atoms with Gasteiger partial charge in [0.1, 0.15) is 5.75 Å². The van der Waals surface area contributed by atoms with Crippen molar-refractivity contribution < 1.29 is 14.3 Å². The Balaban J connectivity index is 1.31. The Kier molecular flexibility index (Phi) is 6.36. The van der Waals surface area contributed by atoms with Gasteiger partial charge in [0.15, 0.2) is 0 Å². The highest BCUT2D eigenvalue weighted by Gasteiger charge is 2.24. The topological polar surface area (TPSA) is 67.4 Å². The van der Waals surface area contributed by atoms with E-state index in [0.717, 1.165) is 42.6 Å². The standard InChI is InChI=1S/C25H30N2O3/c1-17-9-11-19(25(29)26-20-12-13-20)16-23(17)27-24(28)14-10-18-5-4-8-22(15-18)30-21-6-2-3-7-21/h4-5,8-9,11,15-16,20-21H,2-3,6-7,10,12-14H2,1H3,(H,26,29)(H,27,28). The summed E-state index contributed by atoms with van der Waals surface area (Å²) in [7, 11) is 0. The van der Waals surface area contributed by atoms with E-state index in [1.54, 1.807) is 12.1 Å². The van der Waals surface area contributed by atoms with Crippen molar-refractivity contribution in [2.24, 2.45) is 0 Å². The lowest BCUT2D eigenvalue weighted by Gasteiger charge is -2.14. The van der Waals surface area contributed by atoms with Gasteiger partial charge in [-0.15, -0.1) is 0 Å². The second kappa shape index (κ2) is 9.33. The van der Waals surface area contributed by atoms with Crippen LogP contribution in [0, 0.1) is 6.92 Å². The van der Waals surface area contributed by atoms with Crippen molar-refractivity contribution in [1.29, 1.82) is 0 Å². The first kappa shape index (κ1) is 20.5. The van der Waals surface area contributed by atoms with Gasteiger partial charge in [0.05, 0.1) is 6.10 Å². The summed E-state index contributed by atoms with van der Waals surface area (Å²) in [5, 5.41) is 5.95. The second-order valence-electron chi connectivity index (χ2n) is 8.50. The van der Waals surface area contributed by atoms with E-state index in [4.69, 9.17) is 4.74 Å². The molecule has 0 aromatic heterocycles. The molecule has 0 unspecified atom stereocenters. The van der Waals surface area contributed by atoms with Crippen molar-refractivity contribution >= 4 is 17.5 Å². The van der Waals surface area contributed by atoms with Gasteiger partial charge in [0.25, 0.3) is 5.91 Å². The molecule has 2 aliphatic rings. The van der Waals surface area contributed by atoms with E-state index >= 15 is 0 Å². The van der Waals surface area contributed by atoms with Gasteiger partial charge in [-0.3, -0.25) is 9.59 Å². The number of nitrogens with one attached hydrogen (secondary N) is 2. The van der Waals surface area contributed by atoms with Crippen LogP contribution in [-0.4, -0.2) is 24.0 Å². The smallest absolute Gasteiger partial charge is 0.251 e. The molecule has 2 aromatic rings. The number of rotatable bonds is 8. The Labute approximate surface area is 178 Å². The predicted octanol–water partition coefficient (Wildman–Crippen LogP) is 4.78. The maximum atomic E-state index is 12.5. The lowest BCUT2D eigenvalue weighted by atomic mass is 10.1. The lowest BCUT2D eigenvalue weighted by molar-refractivity contribution is -0.116. The van der Waals surface area contributed by atoms with Crippen LogP contribution in [0.2, 0.25) is 0 Å². The highest BCUT2D eigenvalue weighted by Crippen LogP contribution is 2.25. The number of benzene rings is 2. The number of aryl methyl sites for hydroxylation is 2. The molecule has 30 heavy (non-hydrogen) atoms. The summed E-state index contributed by atoms with van der Waals surface area (Å²) >= 11 is 0. The zero-order chi connectivity index (χ0) is 20.9. The molecule has 4 rings (SSSR count). The molecule has 2 fully saturated rings. The molecule has 0 heterocycles. The highest BCUT2D eigenvalue weighted by molar-refractivity contribution is 5.98. The van der Waals surface area contributed by atoms with Crippen LogP contribution in [0.25, 0.3) is 0 Å². The molecule has 0 bridgehead atoms. The fourth-order valence-corrected chi connectivity index (χ4v) is 3.84. The molecular weight excluding hydrogens is 376 g/mol. The van der Waals surface area contributed by atoms with E-state index in [-0.39, 0.29) is 11.8 Å². The molecule has 2 aliphatic carbocycles. The summed E-state index contributed by atoms with van der Waals surface area (Å²) in [6.45, 7) is 1.93. The van der Waals surface area contributed by atoms with Crippen LogP contribution in [0.3, 0.4) is 0 Å². The first-order valence-electron chi connectivity index (χ1n) is 11.0. The SMILES string of the molecule is Cc1ccc(C(=O)NC2CC2)cc1NC(=O)CCc1cccc(OC2CCCC2)c1. The molecule has 5 nitrogen and oxygen atoms in total. The van der Waals surface area contributed by atoms with E-state index in [1.165, 1.54) is 12.8 Å². The maximum absolute atomic E-state index is 12.5. The third-order valence-electron chi connectivity index (χ3n) is 5.83. The summed E-state index contributed by atoms with van der Waals surface area (Å²) in [4.78, 5) is 24.8. The summed E-state index contributed by atoms with van der Waals surface area (Å²) < 4.78 is 6.06. The summed E-state index contributed by atoms with van der Waals surface area (Å²) in [6.07, 6.45) is 8.20. The monoisotopic (exact) mass is 406 g/mol.